The summed E-state index contributed by atoms with van der Waals surface area (Å²) in [4.78, 5) is 14.2. The first-order valence-corrected chi connectivity index (χ1v) is 3.49. The number of allylic oxidation sites excluding steroid dienone is 1. The maximum Gasteiger partial charge on any atom is 0.193 e. The molecule has 1 rings (SSSR count). The summed E-state index contributed by atoms with van der Waals surface area (Å²) in [5, 5.41) is 8.35. The molecule has 0 aliphatic carbocycles. The molecule has 0 aromatic carbocycles. The van der Waals surface area contributed by atoms with Crippen LogP contribution in [0, 0.1) is 11.3 Å². The van der Waals surface area contributed by atoms with E-state index in [1.165, 1.54) is 12.4 Å². The summed E-state index contributed by atoms with van der Waals surface area (Å²) in [7, 11) is 0. The molecule has 0 radical (unpaired) electrons. The molecule has 1 unspecified atom stereocenters. The lowest BCUT2D eigenvalue weighted by Gasteiger charge is -2.03. The van der Waals surface area contributed by atoms with Crippen LogP contribution in [-0.2, 0) is 4.79 Å². The van der Waals surface area contributed by atoms with Gasteiger partial charge in [-0.25, -0.2) is 0 Å². The molecule has 4 heteroatoms. The van der Waals surface area contributed by atoms with Gasteiger partial charge in [0.1, 0.15) is 16.5 Å². The Morgan fingerprint density at radius 3 is 3.00 bits per heavy atom. The van der Waals surface area contributed by atoms with Crippen molar-refractivity contribution in [3.05, 3.63) is 11.8 Å². The molecule has 1 atom stereocenters. The minimum Gasteiger partial charge on any atom is -0.292 e. The summed E-state index contributed by atoms with van der Waals surface area (Å²) in [6.45, 7) is 0. The molecule has 0 aromatic rings. The fourth-order valence-corrected chi connectivity index (χ4v) is 0.940. The lowest BCUT2D eigenvalue weighted by atomic mass is 10.1. The van der Waals surface area contributed by atoms with Crippen molar-refractivity contribution in [1.29, 1.82) is 5.26 Å². The molecule has 3 nitrogen and oxygen atoms in total. The Bertz CT molecular complexity index is 261. The summed E-state index contributed by atoms with van der Waals surface area (Å²) >= 11 is 3.04. The predicted molar refractivity (Wildman–Crippen MR) is 39.9 cm³/mol. The lowest BCUT2D eigenvalue weighted by molar-refractivity contribution is -0.113. The van der Waals surface area contributed by atoms with Crippen LogP contribution in [0.3, 0.4) is 0 Å². The zero-order valence-electron chi connectivity index (χ0n) is 4.91. The molecule has 0 amide bonds. The van der Waals surface area contributed by atoms with E-state index in [0.717, 1.165) is 0 Å². The molecule has 50 valence electrons. The second-order valence-electron chi connectivity index (χ2n) is 1.72. The molecule has 0 saturated heterocycles. The molecule has 1 heterocycles. The maximum absolute atomic E-state index is 10.9. The lowest BCUT2D eigenvalue weighted by Crippen LogP contribution is -2.19. The molecular weight excluding hydrogens is 196 g/mol. The highest BCUT2D eigenvalue weighted by molar-refractivity contribution is 9.10. The molecule has 1 aliphatic rings. The highest BCUT2D eigenvalue weighted by atomic mass is 79.9. The van der Waals surface area contributed by atoms with Crippen LogP contribution in [-0.4, -0.2) is 16.8 Å². The highest BCUT2D eigenvalue weighted by Gasteiger charge is 2.19. The van der Waals surface area contributed by atoms with Crippen molar-refractivity contribution in [3.8, 4) is 6.07 Å². The molecule has 0 spiro atoms. The van der Waals surface area contributed by atoms with Crippen molar-refractivity contribution in [3.63, 3.8) is 0 Å². The van der Waals surface area contributed by atoms with Gasteiger partial charge < -0.3 is 0 Å². The molecule has 0 saturated carbocycles. The average molecular weight is 199 g/mol. The van der Waals surface area contributed by atoms with E-state index >= 15 is 0 Å². The molecule has 0 bridgehead atoms. The number of aliphatic imine (C=N–C) groups is 1. The number of carbonyl (C=O) groups is 1. The SMILES string of the molecule is N#CC1=CN=CC(Br)C1=O. The van der Waals surface area contributed by atoms with Gasteiger partial charge in [-0.1, -0.05) is 15.9 Å². The zero-order chi connectivity index (χ0) is 7.56. The van der Waals surface area contributed by atoms with Crippen molar-refractivity contribution >= 4 is 27.9 Å². The number of nitrogens with zero attached hydrogens (tertiary/aromatic N) is 2. The Balaban J connectivity index is 2.95. The van der Waals surface area contributed by atoms with E-state index in [4.69, 9.17) is 5.26 Å². The number of ketones is 1. The number of halogens is 1. The second kappa shape index (κ2) is 2.76. The minimum atomic E-state index is -0.424. The summed E-state index contributed by atoms with van der Waals surface area (Å²) in [6.07, 6.45) is 2.71. The van der Waals surface area contributed by atoms with Crippen LogP contribution in [0.4, 0.5) is 0 Å². The van der Waals surface area contributed by atoms with Crippen LogP contribution in [0.25, 0.3) is 0 Å². The van der Waals surface area contributed by atoms with Crippen molar-refractivity contribution in [2.75, 3.05) is 0 Å². The summed E-state index contributed by atoms with van der Waals surface area (Å²) in [5.41, 5.74) is 0.101. The third-order valence-corrected chi connectivity index (χ3v) is 1.71. The Morgan fingerprint density at radius 1 is 1.80 bits per heavy atom. The fourth-order valence-electron chi connectivity index (χ4n) is 0.557. The Morgan fingerprint density at radius 2 is 2.50 bits per heavy atom. The third kappa shape index (κ3) is 1.14. The standard InChI is InChI=1S/C6H3BrN2O/c7-5-3-9-2-4(1-8)6(5)10/h2-3,5H. The Labute approximate surface area is 66.2 Å². The van der Waals surface area contributed by atoms with Gasteiger partial charge in [0.15, 0.2) is 5.78 Å². The van der Waals surface area contributed by atoms with E-state index in [1.807, 2.05) is 0 Å². The first kappa shape index (κ1) is 7.16. The van der Waals surface area contributed by atoms with Crippen LogP contribution in [0.1, 0.15) is 0 Å². The number of carbonyl (C=O) groups excluding carboxylic acids is 1. The van der Waals surface area contributed by atoms with Crippen molar-refractivity contribution in [2.24, 2.45) is 4.99 Å². The first-order valence-electron chi connectivity index (χ1n) is 2.57. The highest BCUT2D eigenvalue weighted by Crippen LogP contribution is 2.10. The van der Waals surface area contributed by atoms with Crippen molar-refractivity contribution in [1.82, 2.24) is 0 Å². The minimum absolute atomic E-state index is 0.101. The molecule has 10 heavy (non-hydrogen) atoms. The van der Waals surface area contributed by atoms with Gasteiger partial charge in [-0.3, -0.25) is 9.79 Å². The van der Waals surface area contributed by atoms with Crippen LogP contribution < -0.4 is 0 Å². The normalized spacial score (nSPS) is 23.8. The van der Waals surface area contributed by atoms with Crippen LogP contribution in [0.15, 0.2) is 16.8 Å². The van der Waals surface area contributed by atoms with Crippen molar-refractivity contribution in [2.45, 2.75) is 4.83 Å². The van der Waals surface area contributed by atoms with E-state index in [1.54, 1.807) is 6.07 Å². The first-order chi connectivity index (χ1) is 4.75. The quantitative estimate of drug-likeness (QED) is 0.542. The summed E-state index contributed by atoms with van der Waals surface area (Å²) < 4.78 is 0. The van der Waals surface area contributed by atoms with Crippen molar-refractivity contribution < 1.29 is 4.79 Å². The smallest absolute Gasteiger partial charge is 0.193 e. The van der Waals surface area contributed by atoms with Gasteiger partial charge in [-0.2, -0.15) is 5.26 Å². The Hall–Kier alpha value is -0.950. The number of hydrogen-bond donors (Lipinski definition) is 0. The van der Waals surface area contributed by atoms with Crippen LogP contribution in [0.5, 0.6) is 0 Å². The van der Waals surface area contributed by atoms with E-state index in [2.05, 4.69) is 20.9 Å². The molecule has 1 aliphatic heterocycles. The van der Waals surface area contributed by atoms with Gasteiger partial charge in [0.25, 0.3) is 0 Å². The van der Waals surface area contributed by atoms with E-state index in [9.17, 15) is 4.79 Å². The monoisotopic (exact) mass is 198 g/mol. The predicted octanol–water partition coefficient (Wildman–Crippen LogP) is 0.811. The Kier molecular flexibility index (Phi) is 1.97. The number of hydrogen-bond acceptors (Lipinski definition) is 3. The van der Waals surface area contributed by atoms with E-state index in [0.29, 0.717) is 0 Å². The second-order valence-corrected chi connectivity index (χ2v) is 2.71. The largest absolute Gasteiger partial charge is 0.292 e. The van der Waals surface area contributed by atoms with Gasteiger partial charge >= 0.3 is 0 Å². The van der Waals surface area contributed by atoms with Gasteiger partial charge in [0.2, 0.25) is 0 Å². The summed E-state index contributed by atoms with van der Waals surface area (Å²) in [6, 6.07) is 1.75. The van der Waals surface area contributed by atoms with Crippen LogP contribution >= 0.6 is 15.9 Å². The fraction of sp³-hybridized carbons (Fsp3) is 0.167. The molecule has 0 aromatic heterocycles. The number of alkyl halides is 1. The number of rotatable bonds is 0. The van der Waals surface area contributed by atoms with Crippen LogP contribution in [0.2, 0.25) is 0 Å². The van der Waals surface area contributed by atoms with Gasteiger partial charge in [0.05, 0.1) is 0 Å². The summed E-state index contributed by atoms with van der Waals surface area (Å²) in [5.74, 6) is -0.225. The molecule has 0 fully saturated rings. The maximum atomic E-state index is 10.9. The zero-order valence-corrected chi connectivity index (χ0v) is 6.50. The third-order valence-electron chi connectivity index (χ3n) is 1.06. The van der Waals surface area contributed by atoms with Gasteiger partial charge in [0, 0.05) is 12.4 Å². The number of Topliss-reactive ketones (excluding diaryl/α,β-unsaturated/α-hetero) is 1. The topological polar surface area (TPSA) is 53.2 Å². The van der Waals surface area contributed by atoms with Gasteiger partial charge in [-0.15, -0.1) is 0 Å². The number of nitriles is 1. The molecular formula is C6H3BrN2O. The average Bonchev–Trinajstić information content (AvgIpc) is 1.95. The van der Waals surface area contributed by atoms with E-state index in [-0.39, 0.29) is 11.4 Å². The van der Waals surface area contributed by atoms with Gasteiger partial charge in [-0.05, 0) is 0 Å². The molecule has 0 N–H and O–H groups in total. The van der Waals surface area contributed by atoms with E-state index < -0.39 is 4.83 Å².